The van der Waals surface area contributed by atoms with Gasteiger partial charge in [-0.25, -0.2) is 0 Å². The molecule has 0 saturated carbocycles. The van der Waals surface area contributed by atoms with Gasteiger partial charge in [-0.2, -0.15) is 5.26 Å². The minimum atomic E-state index is 0.549. The molecule has 3 heteroatoms. The highest BCUT2D eigenvalue weighted by atomic mass is 15.1. The van der Waals surface area contributed by atoms with Crippen LogP contribution < -0.4 is 10.6 Å². The molecule has 0 amide bonds. The fourth-order valence-electron chi connectivity index (χ4n) is 1.27. The normalized spacial score (nSPS) is 15.9. The zero-order valence-corrected chi connectivity index (χ0v) is 7.25. The molecule has 1 aliphatic heterocycles. The molecule has 2 rings (SSSR count). The van der Waals surface area contributed by atoms with Gasteiger partial charge in [0, 0.05) is 18.8 Å². The van der Waals surface area contributed by atoms with Gasteiger partial charge in [0.1, 0.15) is 0 Å². The summed E-state index contributed by atoms with van der Waals surface area (Å²) in [6.07, 6.45) is 0. The van der Waals surface area contributed by atoms with E-state index in [1.165, 1.54) is 0 Å². The van der Waals surface area contributed by atoms with Crippen LogP contribution >= 0.6 is 0 Å². The fourth-order valence-corrected chi connectivity index (χ4v) is 1.27. The lowest BCUT2D eigenvalue weighted by atomic mass is 10.1. The molecule has 0 radical (unpaired) electrons. The molecular formula is C10H11N3. The molecule has 1 aromatic rings. The summed E-state index contributed by atoms with van der Waals surface area (Å²) < 4.78 is 0. The summed E-state index contributed by atoms with van der Waals surface area (Å²) in [4.78, 5) is 0. The van der Waals surface area contributed by atoms with Gasteiger partial charge in [-0.15, -0.1) is 0 Å². The first-order valence-electron chi connectivity index (χ1n) is 4.36. The van der Waals surface area contributed by atoms with Crippen LogP contribution in [0.1, 0.15) is 5.56 Å². The van der Waals surface area contributed by atoms with Crippen molar-refractivity contribution in [2.75, 3.05) is 18.4 Å². The predicted octanol–water partition coefficient (Wildman–Crippen LogP) is 0.942. The van der Waals surface area contributed by atoms with E-state index >= 15 is 0 Å². The maximum Gasteiger partial charge on any atom is 0.0991 e. The molecule has 0 atom stereocenters. The lowest BCUT2D eigenvalue weighted by Gasteiger charge is -2.28. The summed E-state index contributed by atoms with van der Waals surface area (Å²) in [5, 5.41) is 15.1. The third-order valence-corrected chi connectivity index (χ3v) is 2.17. The van der Waals surface area contributed by atoms with E-state index in [0.29, 0.717) is 11.6 Å². The molecule has 1 saturated heterocycles. The van der Waals surface area contributed by atoms with Crippen LogP contribution in [0.3, 0.4) is 0 Å². The topological polar surface area (TPSA) is 47.9 Å². The Balaban J connectivity index is 2.01. The quantitative estimate of drug-likeness (QED) is 0.699. The van der Waals surface area contributed by atoms with Crippen molar-refractivity contribution in [2.45, 2.75) is 6.04 Å². The Bertz CT molecular complexity index is 319. The summed E-state index contributed by atoms with van der Waals surface area (Å²) in [6.45, 7) is 2.06. The fraction of sp³-hybridized carbons (Fsp3) is 0.300. The first kappa shape index (κ1) is 8.09. The molecule has 1 aromatic carbocycles. The first-order valence-corrected chi connectivity index (χ1v) is 4.36. The highest BCUT2D eigenvalue weighted by Crippen LogP contribution is 2.11. The molecule has 3 nitrogen and oxygen atoms in total. The lowest BCUT2D eigenvalue weighted by Crippen LogP contribution is -2.51. The second kappa shape index (κ2) is 3.46. The van der Waals surface area contributed by atoms with Gasteiger partial charge >= 0.3 is 0 Å². The minimum Gasteiger partial charge on any atom is -0.380 e. The number of nitriles is 1. The third kappa shape index (κ3) is 1.79. The molecular weight excluding hydrogens is 162 g/mol. The highest BCUT2D eigenvalue weighted by molar-refractivity contribution is 5.48. The number of nitrogens with zero attached hydrogens (tertiary/aromatic N) is 1. The molecule has 1 aliphatic rings. The van der Waals surface area contributed by atoms with Gasteiger partial charge in [-0.05, 0) is 24.3 Å². The average molecular weight is 173 g/mol. The van der Waals surface area contributed by atoms with Gasteiger partial charge in [0.2, 0.25) is 0 Å². The number of benzene rings is 1. The lowest BCUT2D eigenvalue weighted by molar-refractivity contribution is 0.472. The summed E-state index contributed by atoms with van der Waals surface area (Å²) in [6, 6.07) is 10.2. The van der Waals surface area contributed by atoms with E-state index in [0.717, 1.165) is 18.8 Å². The van der Waals surface area contributed by atoms with Crippen molar-refractivity contribution in [1.82, 2.24) is 5.32 Å². The van der Waals surface area contributed by atoms with Crippen LogP contribution in [0.4, 0.5) is 5.69 Å². The summed E-state index contributed by atoms with van der Waals surface area (Å²) >= 11 is 0. The van der Waals surface area contributed by atoms with Crippen molar-refractivity contribution < 1.29 is 0 Å². The number of rotatable bonds is 2. The Morgan fingerprint density at radius 1 is 1.31 bits per heavy atom. The van der Waals surface area contributed by atoms with E-state index in [4.69, 9.17) is 5.26 Å². The number of anilines is 1. The van der Waals surface area contributed by atoms with Gasteiger partial charge in [-0.1, -0.05) is 0 Å². The van der Waals surface area contributed by atoms with E-state index in [2.05, 4.69) is 16.7 Å². The Morgan fingerprint density at radius 2 is 2.00 bits per heavy atom. The maximum atomic E-state index is 8.59. The van der Waals surface area contributed by atoms with Gasteiger partial charge < -0.3 is 10.6 Å². The summed E-state index contributed by atoms with van der Waals surface area (Å²) in [5.74, 6) is 0. The Kier molecular flexibility index (Phi) is 2.15. The molecule has 0 spiro atoms. The van der Waals surface area contributed by atoms with E-state index in [1.807, 2.05) is 24.3 Å². The van der Waals surface area contributed by atoms with Crippen molar-refractivity contribution in [3.63, 3.8) is 0 Å². The molecule has 0 bridgehead atoms. The van der Waals surface area contributed by atoms with Crippen LogP contribution in [-0.4, -0.2) is 19.1 Å². The Hall–Kier alpha value is -1.53. The van der Waals surface area contributed by atoms with Gasteiger partial charge in [0.05, 0.1) is 17.7 Å². The molecule has 1 fully saturated rings. The highest BCUT2D eigenvalue weighted by Gasteiger charge is 2.15. The molecule has 13 heavy (non-hydrogen) atoms. The zero-order chi connectivity index (χ0) is 9.10. The van der Waals surface area contributed by atoms with Gasteiger partial charge in [0.15, 0.2) is 0 Å². The average Bonchev–Trinajstić information content (AvgIpc) is 2.12. The van der Waals surface area contributed by atoms with Crippen molar-refractivity contribution in [2.24, 2.45) is 0 Å². The monoisotopic (exact) mass is 173 g/mol. The second-order valence-electron chi connectivity index (χ2n) is 3.19. The Labute approximate surface area is 77.4 Å². The molecule has 0 aliphatic carbocycles. The van der Waals surface area contributed by atoms with Crippen LogP contribution in [0.25, 0.3) is 0 Å². The predicted molar refractivity (Wildman–Crippen MR) is 51.4 cm³/mol. The van der Waals surface area contributed by atoms with E-state index in [1.54, 1.807) is 0 Å². The van der Waals surface area contributed by atoms with E-state index in [9.17, 15) is 0 Å². The van der Waals surface area contributed by atoms with Crippen LogP contribution in [0, 0.1) is 11.3 Å². The van der Waals surface area contributed by atoms with Crippen molar-refractivity contribution >= 4 is 5.69 Å². The van der Waals surface area contributed by atoms with E-state index < -0.39 is 0 Å². The summed E-state index contributed by atoms with van der Waals surface area (Å²) in [7, 11) is 0. The van der Waals surface area contributed by atoms with Crippen molar-refractivity contribution in [3.8, 4) is 6.07 Å². The SMILES string of the molecule is N#Cc1ccc(NC2CNC2)cc1. The van der Waals surface area contributed by atoms with Gasteiger partial charge in [0.25, 0.3) is 0 Å². The second-order valence-corrected chi connectivity index (χ2v) is 3.19. The maximum absolute atomic E-state index is 8.59. The molecule has 0 aromatic heterocycles. The molecule has 66 valence electrons. The largest absolute Gasteiger partial charge is 0.380 e. The van der Waals surface area contributed by atoms with Gasteiger partial charge in [-0.3, -0.25) is 0 Å². The molecule has 1 heterocycles. The van der Waals surface area contributed by atoms with Crippen LogP contribution in [0.2, 0.25) is 0 Å². The smallest absolute Gasteiger partial charge is 0.0991 e. The summed E-state index contributed by atoms with van der Waals surface area (Å²) in [5.41, 5.74) is 1.79. The standard InChI is InChI=1S/C10H11N3/c11-5-8-1-3-9(4-2-8)13-10-6-12-7-10/h1-4,10,12-13H,6-7H2. The zero-order valence-electron chi connectivity index (χ0n) is 7.25. The minimum absolute atomic E-state index is 0.549. The molecule has 0 unspecified atom stereocenters. The Morgan fingerprint density at radius 3 is 2.46 bits per heavy atom. The van der Waals surface area contributed by atoms with Crippen molar-refractivity contribution in [1.29, 1.82) is 5.26 Å². The molecule has 2 N–H and O–H groups in total. The number of hydrogen-bond acceptors (Lipinski definition) is 3. The first-order chi connectivity index (χ1) is 6.38. The van der Waals surface area contributed by atoms with Crippen LogP contribution in [0.15, 0.2) is 24.3 Å². The number of nitrogens with one attached hydrogen (secondary N) is 2. The third-order valence-electron chi connectivity index (χ3n) is 2.17. The van der Waals surface area contributed by atoms with Crippen LogP contribution in [0.5, 0.6) is 0 Å². The van der Waals surface area contributed by atoms with E-state index in [-0.39, 0.29) is 0 Å². The van der Waals surface area contributed by atoms with Crippen molar-refractivity contribution in [3.05, 3.63) is 29.8 Å². The number of hydrogen-bond donors (Lipinski definition) is 2. The van der Waals surface area contributed by atoms with Crippen LogP contribution in [-0.2, 0) is 0 Å².